The van der Waals surface area contributed by atoms with Crippen molar-refractivity contribution < 1.29 is 29.1 Å². The predicted molar refractivity (Wildman–Crippen MR) is 156 cm³/mol. The molecule has 218 valence electrons. The number of hydrogen-bond donors (Lipinski definition) is 5. The van der Waals surface area contributed by atoms with Crippen molar-refractivity contribution in [2.24, 2.45) is 16.5 Å². The highest BCUT2D eigenvalue weighted by atomic mass is 16.4. The van der Waals surface area contributed by atoms with Crippen molar-refractivity contribution in [3.63, 3.8) is 0 Å². The number of carbonyl (C=O) groups excluding carboxylic acids is 4. The van der Waals surface area contributed by atoms with E-state index in [9.17, 15) is 24.0 Å². The molecule has 2 rings (SSSR count). The molecule has 2 atom stereocenters. The Hall–Kier alpha value is -4.80. The molecule has 0 aliphatic rings. The average molecular weight is 564 g/mol. The van der Waals surface area contributed by atoms with Crippen LogP contribution in [0.15, 0.2) is 71.2 Å². The number of nitrogens with one attached hydrogen (secondary N) is 2. The molecular formula is C30H37N5O6. The van der Waals surface area contributed by atoms with Crippen molar-refractivity contribution >= 4 is 35.3 Å². The second-order valence-electron chi connectivity index (χ2n) is 9.56. The molecule has 0 spiro atoms. The first kappa shape index (κ1) is 32.4. The van der Waals surface area contributed by atoms with Crippen molar-refractivity contribution in [1.29, 1.82) is 0 Å². The second-order valence-corrected chi connectivity index (χ2v) is 9.56. The van der Waals surface area contributed by atoms with Gasteiger partial charge in [-0.25, -0.2) is 0 Å². The van der Waals surface area contributed by atoms with E-state index >= 15 is 0 Å². The van der Waals surface area contributed by atoms with Gasteiger partial charge in [0.1, 0.15) is 12.1 Å². The number of aliphatic carboxylic acids is 1. The normalized spacial score (nSPS) is 13.1. The summed E-state index contributed by atoms with van der Waals surface area (Å²) >= 11 is 0. The smallest absolute Gasteiger partial charge is 0.303 e. The minimum Gasteiger partial charge on any atom is -0.481 e. The van der Waals surface area contributed by atoms with Gasteiger partial charge in [0.25, 0.3) is 0 Å². The van der Waals surface area contributed by atoms with Gasteiger partial charge in [0.15, 0.2) is 0 Å². The summed E-state index contributed by atoms with van der Waals surface area (Å²) in [6, 6.07) is 15.6. The van der Waals surface area contributed by atoms with Crippen LogP contribution in [-0.2, 0) is 24.0 Å². The fraction of sp³-hybridized carbons (Fsp3) is 0.333. The first-order valence-electron chi connectivity index (χ1n) is 13.2. The Morgan fingerprint density at radius 1 is 0.829 bits per heavy atom. The lowest BCUT2D eigenvalue weighted by atomic mass is 10.0. The van der Waals surface area contributed by atoms with Gasteiger partial charge in [-0.2, -0.15) is 0 Å². The zero-order chi connectivity index (χ0) is 30.4. The third kappa shape index (κ3) is 11.5. The molecule has 0 unspecified atom stereocenters. The van der Waals surface area contributed by atoms with Gasteiger partial charge in [0, 0.05) is 26.3 Å². The molecule has 0 bridgehead atoms. The van der Waals surface area contributed by atoms with Crippen LogP contribution in [0.5, 0.6) is 0 Å². The van der Waals surface area contributed by atoms with Gasteiger partial charge in [-0.15, -0.1) is 0 Å². The quantitative estimate of drug-likeness (QED) is 0.194. The Morgan fingerprint density at radius 2 is 1.44 bits per heavy atom. The van der Waals surface area contributed by atoms with Gasteiger partial charge < -0.3 is 27.2 Å². The number of amides is 4. The average Bonchev–Trinajstić information content (AvgIpc) is 2.95. The highest BCUT2D eigenvalue weighted by molar-refractivity contribution is 6.09. The molecule has 11 nitrogen and oxygen atoms in total. The lowest BCUT2D eigenvalue weighted by Gasteiger charge is -2.21. The van der Waals surface area contributed by atoms with E-state index in [1.807, 2.05) is 67.6 Å². The van der Waals surface area contributed by atoms with Gasteiger partial charge in [-0.1, -0.05) is 60.2 Å². The van der Waals surface area contributed by atoms with Crippen molar-refractivity contribution in [3.8, 4) is 11.1 Å². The van der Waals surface area contributed by atoms with Crippen molar-refractivity contribution in [2.75, 3.05) is 7.05 Å². The molecule has 0 aromatic heterocycles. The molecule has 2 aromatic carbocycles. The maximum atomic E-state index is 12.8. The Labute approximate surface area is 239 Å². The summed E-state index contributed by atoms with van der Waals surface area (Å²) in [5.74, 6) is -3.96. The van der Waals surface area contributed by atoms with E-state index in [1.165, 1.54) is 0 Å². The van der Waals surface area contributed by atoms with E-state index in [2.05, 4.69) is 15.6 Å². The van der Waals surface area contributed by atoms with Crippen LogP contribution < -0.4 is 22.1 Å². The number of nitrogens with two attached hydrogens (primary N) is 2. The topological polar surface area (TPSA) is 194 Å². The van der Waals surface area contributed by atoms with Gasteiger partial charge >= 0.3 is 5.97 Å². The molecule has 2 aromatic rings. The SMILES string of the molecule is C/N=C(\C=C(/C)CCC(=O)N[C@@H](CCC(=O)O)C(=O)N[C@@H](CCC(N)=O)C(N)=O)c1ccc(-c2ccccc2)cc1. The molecule has 0 heterocycles. The maximum absolute atomic E-state index is 12.8. The first-order chi connectivity index (χ1) is 19.5. The summed E-state index contributed by atoms with van der Waals surface area (Å²) < 4.78 is 0. The minimum atomic E-state index is -1.21. The summed E-state index contributed by atoms with van der Waals surface area (Å²) in [6.07, 6.45) is 1.39. The fourth-order valence-corrected chi connectivity index (χ4v) is 4.00. The number of hydrogen-bond acceptors (Lipinski definition) is 6. The Kier molecular flexibility index (Phi) is 12.9. The van der Waals surface area contributed by atoms with Gasteiger partial charge in [-0.3, -0.25) is 29.0 Å². The molecule has 4 amide bonds. The molecule has 41 heavy (non-hydrogen) atoms. The maximum Gasteiger partial charge on any atom is 0.303 e. The van der Waals surface area contributed by atoms with Crippen LogP contribution in [0.3, 0.4) is 0 Å². The highest BCUT2D eigenvalue weighted by Gasteiger charge is 2.26. The third-order valence-corrected chi connectivity index (χ3v) is 6.30. The van der Waals surface area contributed by atoms with Gasteiger partial charge in [0.05, 0.1) is 5.71 Å². The zero-order valence-electron chi connectivity index (χ0n) is 23.3. The summed E-state index contributed by atoms with van der Waals surface area (Å²) in [5, 5.41) is 14.0. The van der Waals surface area contributed by atoms with Crippen LogP contribution >= 0.6 is 0 Å². The highest BCUT2D eigenvalue weighted by Crippen LogP contribution is 2.20. The summed E-state index contributed by atoms with van der Waals surface area (Å²) in [6.45, 7) is 1.86. The van der Waals surface area contributed by atoms with E-state index in [0.717, 1.165) is 28.0 Å². The van der Waals surface area contributed by atoms with Crippen LogP contribution in [0.2, 0.25) is 0 Å². The van der Waals surface area contributed by atoms with E-state index in [1.54, 1.807) is 7.05 Å². The minimum absolute atomic E-state index is 0.0318. The number of primary amides is 2. The Bertz CT molecular complexity index is 1290. The lowest BCUT2D eigenvalue weighted by molar-refractivity contribution is -0.138. The van der Waals surface area contributed by atoms with E-state index in [0.29, 0.717) is 6.42 Å². The summed E-state index contributed by atoms with van der Waals surface area (Å²) in [7, 11) is 1.69. The monoisotopic (exact) mass is 563 g/mol. The van der Waals surface area contributed by atoms with Gasteiger partial charge in [-0.05, 0) is 49.0 Å². The van der Waals surface area contributed by atoms with Crippen LogP contribution in [-0.4, -0.2) is 59.5 Å². The van der Waals surface area contributed by atoms with Gasteiger partial charge in [0.2, 0.25) is 23.6 Å². The number of aliphatic imine (C=N–C) groups is 1. The predicted octanol–water partition coefficient (Wildman–Crippen LogP) is 2.08. The molecule has 11 heteroatoms. The Morgan fingerprint density at radius 3 is 2.00 bits per heavy atom. The first-order valence-corrected chi connectivity index (χ1v) is 13.2. The van der Waals surface area contributed by atoms with Crippen LogP contribution in [0.1, 0.15) is 51.0 Å². The van der Waals surface area contributed by atoms with Crippen molar-refractivity contribution in [2.45, 2.75) is 57.5 Å². The molecule has 0 saturated heterocycles. The molecule has 0 aliphatic heterocycles. The number of nitrogens with zero attached hydrogens (tertiary/aromatic N) is 1. The summed E-state index contributed by atoms with van der Waals surface area (Å²) in [5.41, 5.74) is 15.1. The number of carboxylic acid groups (broad SMARTS) is 1. The fourth-order valence-electron chi connectivity index (χ4n) is 4.00. The largest absolute Gasteiger partial charge is 0.481 e. The summed E-state index contributed by atoms with van der Waals surface area (Å²) in [4.78, 5) is 63.7. The number of benzene rings is 2. The number of allylic oxidation sites excluding steroid dienone is 2. The molecule has 0 saturated carbocycles. The second kappa shape index (κ2) is 16.3. The number of rotatable bonds is 16. The number of carboxylic acids is 1. The van der Waals surface area contributed by atoms with Crippen LogP contribution in [0.25, 0.3) is 11.1 Å². The van der Waals surface area contributed by atoms with Crippen molar-refractivity contribution in [3.05, 3.63) is 71.8 Å². The number of carbonyl (C=O) groups is 5. The molecule has 0 fully saturated rings. The molecule has 7 N–H and O–H groups in total. The van der Waals surface area contributed by atoms with Crippen LogP contribution in [0.4, 0.5) is 0 Å². The molecular weight excluding hydrogens is 526 g/mol. The standard InChI is InChI=1S/C30H37N5O6/c1-19(18-25(33-2)22-11-9-21(10-12-22)20-6-4-3-5-7-20)8-16-27(37)34-24(14-17-28(38)39)30(41)35-23(29(32)40)13-15-26(31)36/h3-7,9-12,18,23-24H,8,13-17H2,1-2H3,(H2,31,36)(H2,32,40)(H,34,37)(H,35,41)(H,38,39)/b19-18+,33-25+/t23-,24-/m0/s1. The Balaban J connectivity index is 2.02. The van der Waals surface area contributed by atoms with Crippen molar-refractivity contribution in [1.82, 2.24) is 10.6 Å². The van der Waals surface area contributed by atoms with E-state index < -0.39 is 41.7 Å². The lowest BCUT2D eigenvalue weighted by Crippen LogP contribution is -2.53. The third-order valence-electron chi connectivity index (χ3n) is 6.30. The molecule has 0 aliphatic carbocycles. The zero-order valence-corrected chi connectivity index (χ0v) is 23.3. The van der Waals surface area contributed by atoms with E-state index in [-0.39, 0.29) is 32.1 Å². The van der Waals surface area contributed by atoms with Crippen LogP contribution in [0, 0.1) is 0 Å². The molecule has 0 radical (unpaired) electrons. The van der Waals surface area contributed by atoms with E-state index in [4.69, 9.17) is 16.6 Å².